The predicted octanol–water partition coefficient (Wildman–Crippen LogP) is 5.15. The first-order valence-electron chi connectivity index (χ1n) is 11.4. The van der Waals surface area contributed by atoms with Gasteiger partial charge in [0.15, 0.2) is 5.82 Å². The number of rotatable bonds is 8. The van der Waals surface area contributed by atoms with E-state index >= 15 is 0 Å². The Morgan fingerprint density at radius 1 is 0.947 bits per heavy atom. The lowest BCUT2D eigenvalue weighted by molar-refractivity contribution is 0.413. The van der Waals surface area contributed by atoms with Crippen LogP contribution in [-0.4, -0.2) is 32.4 Å². The Morgan fingerprint density at radius 3 is 2.42 bits per heavy atom. The van der Waals surface area contributed by atoms with E-state index in [0.29, 0.717) is 28.1 Å². The molecular formula is C27H22BrN3O6S. The fourth-order valence-electron chi connectivity index (χ4n) is 4.12. The minimum absolute atomic E-state index is 0.0195. The molecule has 0 spiro atoms. The molecule has 0 aliphatic rings. The first kappa shape index (κ1) is 25.6. The number of anilines is 1. The summed E-state index contributed by atoms with van der Waals surface area (Å²) >= 11 is 3.44. The van der Waals surface area contributed by atoms with Crippen LogP contribution in [0.1, 0.15) is 5.56 Å². The van der Waals surface area contributed by atoms with E-state index in [4.69, 9.17) is 14.0 Å². The van der Waals surface area contributed by atoms with Gasteiger partial charge in [0.05, 0.1) is 36.9 Å². The van der Waals surface area contributed by atoms with Crippen molar-refractivity contribution in [1.29, 1.82) is 0 Å². The molecule has 0 fully saturated rings. The Bertz CT molecular complexity index is 1770. The third kappa shape index (κ3) is 4.77. The summed E-state index contributed by atoms with van der Waals surface area (Å²) in [5, 5.41) is 4.43. The summed E-state index contributed by atoms with van der Waals surface area (Å²) < 4.78 is 46.8. The van der Waals surface area contributed by atoms with Gasteiger partial charge in [-0.3, -0.25) is 9.36 Å². The van der Waals surface area contributed by atoms with Crippen LogP contribution in [0.2, 0.25) is 0 Å². The number of nitrogens with zero attached hydrogens (tertiary/aromatic N) is 3. The highest BCUT2D eigenvalue weighted by atomic mass is 79.9. The number of aromatic nitrogens is 2. The monoisotopic (exact) mass is 595 g/mol. The van der Waals surface area contributed by atoms with Gasteiger partial charge in [0, 0.05) is 22.0 Å². The lowest BCUT2D eigenvalue weighted by Crippen LogP contribution is -2.31. The van der Waals surface area contributed by atoms with E-state index in [0.717, 1.165) is 10.0 Å². The van der Waals surface area contributed by atoms with Crippen LogP contribution in [0.3, 0.4) is 0 Å². The number of ether oxygens (including phenoxy) is 2. The largest absolute Gasteiger partial charge is 0.497 e. The van der Waals surface area contributed by atoms with E-state index in [2.05, 4.69) is 21.1 Å². The van der Waals surface area contributed by atoms with Crippen LogP contribution in [0.5, 0.6) is 11.5 Å². The molecule has 0 aliphatic carbocycles. The van der Waals surface area contributed by atoms with Crippen LogP contribution < -0.4 is 19.3 Å². The second kappa shape index (κ2) is 10.3. The highest BCUT2D eigenvalue weighted by Crippen LogP contribution is 2.31. The summed E-state index contributed by atoms with van der Waals surface area (Å²) in [6, 6.07) is 21.5. The number of hydrogen-bond acceptors (Lipinski definition) is 7. The zero-order valence-electron chi connectivity index (χ0n) is 20.4. The number of sulfonamides is 1. The summed E-state index contributed by atoms with van der Waals surface area (Å²) in [5.74, 6) is 1.30. The summed E-state index contributed by atoms with van der Waals surface area (Å²) in [6.45, 7) is 0.0195. The van der Waals surface area contributed by atoms with Crippen LogP contribution in [-0.2, 0) is 16.6 Å². The molecule has 0 atom stereocenters. The fraction of sp³-hybridized carbons (Fsp3) is 0.111. The van der Waals surface area contributed by atoms with E-state index in [1.165, 1.54) is 46.5 Å². The Balaban J connectivity index is 1.61. The first-order chi connectivity index (χ1) is 18.3. The van der Waals surface area contributed by atoms with E-state index in [-0.39, 0.29) is 22.8 Å². The molecule has 3 aromatic carbocycles. The van der Waals surface area contributed by atoms with Crippen molar-refractivity contribution < 1.29 is 22.4 Å². The molecule has 9 nitrogen and oxygen atoms in total. The number of benzene rings is 3. The SMILES string of the molecule is COc1ccc(CN(c2ccon2)S(=O)(=O)c2ccc3c(ccc(=O)n3-c3cc(Br)ccc3OC)c2)cc1. The smallest absolute Gasteiger partial charge is 0.265 e. The molecule has 38 heavy (non-hydrogen) atoms. The molecule has 194 valence electrons. The van der Waals surface area contributed by atoms with Crippen LogP contribution in [0.4, 0.5) is 5.82 Å². The summed E-state index contributed by atoms with van der Waals surface area (Å²) in [7, 11) is -0.991. The lowest BCUT2D eigenvalue weighted by atomic mass is 10.2. The zero-order chi connectivity index (χ0) is 26.9. The van der Waals surface area contributed by atoms with Gasteiger partial charge in [-0.1, -0.05) is 33.2 Å². The predicted molar refractivity (Wildman–Crippen MR) is 147 cm³/mol. The quantitative estimate of drug-likeness (QED) is 0.244. The minimum atomic E-state index is -4.08. The number of fused-ring (bicyclic) bond motifs is 1. The lowest BCUT2D eigenvalue weighted by Gasteiger charge is -2.22. The van der Waals surface area contributed by atoms with Gasteiger partial charge in [-0.15, -0.1) is 0 Å². The fourth-order valence-corrected chi connectivity index (χ4v) is 5.90. The minimum Gasteiger partial charge on any atom is -0.497 e. The van der Waals surface area contributed by atoms with Gasteiger partial charge in [-0.25, -0.2) is 12.7 Å². The first-order valence-corrected chi connectivity index (χ1v) is 13.6. The van der Waals surface area contributed by atoms with Crippen LogP contribution in [0, 0.1) is 0 Å². The van der Waals surface area contributed by atoms with E-state index in [9.17, 15) is 13.2 Å². The Labute approximate surface area is 227 Å². The number of methoxy groups -OCH3 is 2. The number of hydrogen-bond donors (Lipinski definition) is 0. The summed E-state index contributed by atoms with van der Waals surface area (Å²) in [4.78, 5) is 13.0. The van der Waals surface area contributed by atoms with Crippen molar-refractivity contribution in [2.75, 3.05) is 18.5 Å². The zero-order valence-corrected chi connectivity index (χ0v) is 22.8. The highest BCUT2D eigenvalue weighted by molar-refractivity contribution is 9.10. The maximum absolute atomic E-state index is 13.9. The molecule has 0 saturated heterocycles. The Hall–Kier alpha value is -4.09. The molecule has 0 aliphatic heterocycles. The van der Waals surface area contributed by atoms with Crippen LogP contribution in [0.15, 0.2) is 104 Å². The number of halogens is 1. The van der Waals surface area contributed by atoms with Crippen LogP contribution in [0.25, 0.3) is 16.6 Å². The van der Waals surface area contributed by atoms with Gasteiger partial charge in [-0.05, 0) is 60.2 Å². The van der Waals surface area contributed by atoms with E-state index in [1.54, 1.807) is 55.6 Å². The molecule has 0 saturated carbocycles. The summed E-state index contributed by atoms with van der Waals surface area (Å²) in [5.41, 5.74) is 1.50. The van der Waals surface area contributed by atoms with Gasteiger partial charge in [-0.2, -0.15) is 0 Å². The maximum atomic E-state index is 13.9. The second-order valence-electron chi connectivity index (χ2n) is 8.26. The molecular weight excluding hydrogens is 574 g/mol. The standard InChI is InChI=1S/C27H22BrN3O6S/c1-35-21-7-3-18(4-8-21)17-30(26-13-14-37-29-26)38(33,34)22-9-10-23-19(15-22)5-12-27(32)31(23)24-16-20(28)6-11-25(24)36-2/h3-16H,17H2,1-2H3. The molecule has 2 heterocycles. The van der Waals surface area contributed by atoms with E-state index in [1.807, 2.05) is 6.07 Å². The van der Waals surface area contributed by atoms with Gasteiger partial charge in [0.1, 0.15) is 17.8 Å². The third-order valence-corrected chi connectivity index (χ3v) is 8.24. The molecule has 0 radical (unpaired) electrons. The third-order valence-electron chi connectivity index (χ3n) is 6.00. The van der Waals surface area contributed by atoms with Crippen molar-refractivity contribution in [2.24, 2.45) is 0 Å². The molecule has 5 rings (SSSR count). The van der Waals surface area contributed by atoms with Gasteiger partial charge in [0.25, 0.3) is 15.6 Å². The molecule has 0 unspecified atom stereocenters. The highest BCUT2D eigenvalue weighted by Gasteiger charge is 2.28. The Kier molecular flexibility index (Phi) is 6.96. The summed E-state index contributed by atoms with van der Waals surface area (Å²) in [6.07, 6.45) is 1.32. The van der Waals surface area contributed by atoms with Crippen molar-refractivity contribution in [1.82, 2.24) is 9.72 Å². The van der Waals surface area contributed by atoms with E-state index < -0.39 is 10.0 Å². The van der Waals surface area contributed by atoms with Crippen LogP contribution >= 0.6 is 15.9 Å². The molecule has 0 bridgehead atoms. The molecule has 0 amide bonds. The van der Waals surface area contributed by atoms with Gasteiger partial charge < -0.3 is 14.0 Å². The average molecular weight is 596 g/mol. The van der Waals surface area contributed by atoms with Crippen molar-refractivity contribution in [3.05, 3.63) is 106 Å². The average Bonchev–Trinajstić information content (AvgIpc) is 3.46. The maximum Gasteiger partial charge on any atom is 0.265 e. The normalized spacial score (nSPS) is 11.4. The van der Waals surface area contributed by atoms with Gasteiger partial charge in [0.2, 0.25) is 0 Å². The van der Waals surface area contributed by atoms with Crippen molar-refractivity contribution in [2.45, 2.75) is 11.4 Å². The molecule has 2 aromatic heterocycles. The van der Waals surface area contributed by atoms with Crippen molar-refractivity contribution in [3.8, 4) is 17.2 Å². The Morgan fingerprint density at radius 2 is 1.74 bits per heavy atom. The molecule has 0 N–H and O–H groups in total. The molecule has 5 aromatic rings. The molecule has 11 heteroatoms. The van der Waals surface area contributed by atoms with Crippen molar-refractivity contribution in [3.63, 3.8) is 0 Å². The van der Waals surface area contributed by atoms with Gasteiger partial charge >= 0.3 is 0 Å². The van der Waals surface area contributed by atoms with Crippen molar-refractivity contribution >= 4 is 42.7 Å². The number of pyridine rings is 1. The topological polar surface area (TPSA) is 104 Å². The second-order valence-corrected chi connectivity index (χ2v) is 11.0.